The summed E-state index contributed by atoms with van der Waals surface area (Å²) in [7, 11) is 0. The first kappa shape index (κ1) is 21.6. The highest BCUT2D eigenvalue weighted by molar-refractivity contribution is 6.03. The van der Waals surface area contributed by atoms with Crippen molar-refractivity contribution in [3.63, 3.8) is 0 Å². The van der Waals surface area contributed by atoms with E-state index in [1.165, 1.54) is 0 Å². The highest BCUT2D eigenvalue weighted by Gasteiger charge is 2.30. The predicted molar refractivity (Wildman–Crippen MR) is 106 cm³/mol. The molecule has 2 rings (SSSR count). The van der Waals surface area contributed by atoms with Crippen LogP contribution in [0.2, 0.25) is 0 Å². The molecule has 0 aliphatic rings. The third-order valence-electron chi connectivity index (χ3n) is 4.31. The first-order chi connectivity index (χ1) is 13.9. The lowest BCUT2D eigenvalue weighted by atomic mass is 9.90. The Labute approximate surface area is 168 Å². The zero-order chi connectivity index (χ0) is 21.2. The number of amides is 1. The van der Waals surface area contributed by atoms with Gasteiger partial charge < -0.3 is 15.4 Å². The molecule has 152 valence electrons. The van der Waals surface area contributed by atoms with Crippen LogP contribution in [0.1, 0.15) is 41.0 Å². The smallest absolute Gasteiger partial charge is 0.365 e. The molecule has 1 amide bonds. The van der Waals surface area contributed by atoms with Crippen molar-refractivity contribution in [3.05, 3.63) is 71.8 Å². The van der Waals surface area contributed by atoms with Crippen molar-refractivity contribution >= 4 is 23.7 Å². The second-order valence-electron chi connectivity index (χ2n) is 6.35. The van der Waals surface area contributed by atoms with Gasteiger partial charge in [0.2, 0.25) is 0 Å². The SMILES string of the molecule is CC[C@H](C)[C@H](C(=O)NOC(=O)c1ccccc1)/C(N)=N/OC(=O)c1ccccc1. The van der Waals surface area contributed by atoms with Crippen LogP contribution < -0.4 is 11.2 Å². The topological polar surface area (TPSA) is 120 Å². The van der Waals surface area contributed by atoms with Crippen molar-refractivity contribution in [1.29, 1.82) is 0 Å². The molecule has 0 aromatic heterocycles. The lowest BCUT2D eigenvalue weighted by Crippen LogP contribution is -2.43. The van der Waals surface area contributed by atoms with Gasteiger partial charge in [-0.15, -0.1) is 0 Å². The number of nitrogens with zero attached hydrogens (tertiary/aromatic N) is 1. The standard InChI is InChI=1S/C21H23N3O5/c1-3-14(2)17(18(22)23-28-20(26)15-10-6-4-7-11-15)19(25)24-29-21(27)16-12-8-5-9-13-16/h4-14,17H,3H2,1-2H3,(H2,22,23)(H,24,25)/t14-,17-/m0/s1. The number of benzene rings is 2. The molecule has 0 aliphatic heterocycles. The van der Waals surface area contributed by atoms with Gasteiger partial charge in [-0.1, -0.05) is 61.8 Å². The summed E-state index contributed by atoms with van der Waals surface area (Å²) < 4.78 is 0. The highest BCUT2D eigenvalue weighted by Crippen LogP contribution is 2.16. The van der Waals surface area contributed by atoms with E-state index in [0.717, 1.165) is 0 Å². The van der Waals surface area contributed by atoms with Gasteiger partial charge in [-0.05, 0) is 30.2 Å². The molecular weight excluding hydrogens is 374 g/mol. The van der Waals surface area contributed by atoms with Crippen LogP contribution in [0.25, 0.3) is 0 Å². The molecule has 0 fully saturated rings. The summed E-state index contributed by atoms with van der Waals surface area (Å²) in [5, 5.41) is 3.62. The van der Waals surface area contributed by atoms with E-state index in [2.05, 4.69) is 10.6 Å². The minimum absolute atomic E-state index is 0.197. The number of rotatable bonds is 7. The van der Waals surface area contributed by atoms with Gasteiger partial charge in [0.15, 0.2) is 5.84 Å². The number of carbonyl (C=O) groups is 3. The molecule has 2 aromatic rings. The summed E-state index contributed by atoms with van der Waals surface area (Å²) >= 11 is 0. The number of hydroxylamine groups is 1. The third kappa shape index (κ3) is 6.17. The van der Waals surface area contributed by atoms with Gasteiger partial charge in [-0.2, -0.15) is 5.48 Å². The summed E-state index contributed by atoms with van der Waals surface area (Å²) in [5.74, 6) is -3.48. The molecule has 0 unspecified atom stereocenters. The van der Waals surface area contributed by atoms with Crippen LogP contribution in [-0.4, -0.2) is 23.7 Å². The highest BCUT2D eigenvalue weighted by atomic mass is 16.7. The van der Waals surface area contributed by atoms with E-state index in [4.69, 9.17) is 15.4 Å². The van der Waals surface area contributed by atoms with E-state index in [0.29, 0.717) is 12.0 Å². The maximum atomic E-state index is 12.5. The zero-order valence-electron chi connectivity index (χ0n) is 16.2. The third-order valence-corrected chi connectivity index (χ3v) is 4.31. The summed E-state index contributed by atoms with van der Waals surface area (Å²) in [4.78, 5) is 46.2. The Kier molecular flexibility index (Phi) is 7.90. The fourth-order valence-corrected chi connectivity index (χ4v) is 2.49. The van der Waals surface area contributed by atoms with Gasteiger partial charge in [-0.3, -0.25) is 4.79 Å². The number of amidine groups is 1. The van der Waals surface area contributed by atoms with E-state index in [-0.39, 0.29) is 17.3 Å². The molecule has 0 heterocycles. The molecular formula is C21H23N3O5. The van der Waals surface area contributed by atoms with Crippen molar-refractivity contribution in [1.82, 2.24) is 5.48 Å². The van der Waals surface area contributed by atoms with Crippen molar-refractivity contribution in [3.8, 4) is 0 Å². The quantitative estimate of drug-likeness (QED) is 0.321. The molecule has 3 N–H and O–H groups in total. The van der Waals surface area contributed by atoms with Crippen LogP contribution in [0.4, 0.5) is 0 Å². The average Bonchev–Trinajstić information content (AvgIpc) is 2.76. The number of carbonyl (C=O) groups excluding carboxylic acids is 3. The summed E-state index contributed by atoms with van der Waals surface area (Å²) in [5.41, 5.74) is 8.60. The number of hydrogen-bond acceptors (Lipinski definition) is 6. The molecule has 0 bridgehead atoms. The lowest BCUT2D eigenvalue weighted by molar-refractivity contribution is -0.133. The van der Waals surface area contributed by atoms with Crippen molar-refractivity contribution < 1.29 is 24.1 Å². The number of nitrogens with one attached hydrogen (secondary N) is 1. The molecule has 0 spiro atoms. The summed E-state index contributed by atoms with van der Waals surface area (Å²) in [6.07, 6.45) is 0.591. The molecule has 8 nitrogen and oxygen atoms in total. The van der Waals surface area contributed by atoms with Gasteiger partial charge in [0, 0.05) is 0 Å². The molecule has 2 atom stereocenters. The largest absolute Gasteiger partial charge is 0.384 e. The Balaban J connectivity index is 2.04. The zero-order valence-corrected chi connectivity index (χ0v) is 16.2. The normalized spacial score (nSPS) is 13.1. The van der Waals surface area contributed by atoms with Gasteiger partial charge in [0.05, 0.1) is 11.1 Å². The molecule has 8 heteroatoms. The van der Waals surface area contributed by atoms with E-state index < -0.39 is 23.8 Å². The second kappa shape index (κ2) is 10.6. The van der Waals surface area contributed by atoms with Crippen molar-refractivity contribution in [2.24, 2.45) is 22.7 Å². The first-order valence-corrected chi connectivity index (χ1v) is 9.09. The van der Waals surface area contributed by atoms with E-state index in [1.54, 1.807) is 67.6 Å². The molecule has 29 heavy (non-hydrogen) atoms. The fourth-order valence-electron chi connectivity index (χ4n) is 2.49. The second-order valence-corrected chi connectivity index (χ2v) is 6.35. The molecule has 0 aliphatic carbocycles. The average molecular weight is 397 g/mol. The minimum atomic E-state index is -0.952. The van der Waals surface area contributed by atoms with Gasteiger partial charge in [0.25, 0.3) is 5.91 Å². The Bertz CT molecular complexity index is 868. The predicted octanol–water partition coefficient (Wildman–Crippen LogP) is 2.67. The van der Waals surface area contributed by atoms with Crippen molar-refractivity contribution in [2.75, 3.05) is 0 Å². The Morgan fingerprint density at radius 1 is 0.966 bits per heavy atom. The number of hydrogen-bond donors (Lipinski definition) is 2. The molecule has 2 aromatic carbocycles. The van der Waals surface area contributed by atoms with Gasteiger partial charge in [-0.25, -0.2) is 9.59 Å². The monoisotopic (exact) mass is 397 g/mol. The first-order valence-electron chi connectivity index (χ1n) is 9.09. The van der Waals surface area contributed by atoms with Crippen LogP contribution >= 0.6 is 0 Å². The lowest BCUT2D eigenvalue weighted by Gasteiger charge is -2.20. The Morgan fingerprint density at radius 2 is 1.48 bits per heavy atom. The van der Waals surface area contributed by atoms with Crippen LogP contribution in [-0.2, 0) is 14.5 Å². The maximum Gasteiger partial charge on any atom is 0.365 e. The summed E-state index contributed by atoms with van der Waals surface area (Å²) in [6.45, 7) is 3.65. The van der Waals surface area contributed by atoms with Crippen molar-refractivity contribution in [2.45, 2.75) is 20.3 Å². The minimum Gasteiger partial charge on any atom is -0.384 e. The van der Waals surface area contributed by atoms with E-state index in [1.807, 2.05) is 6.92 Å². The Morgan fingerprint density at radius 3 is 2.00 bits per heavy atom. The molecule has 0 radical (unpaired) electrons. The fraction of sp³-hybridized carbons (Fsp3) is 0.238. The van der Waals surface area contributed by atoms with Crippen LogP contribution in [0.5, 0.6) is 0 Å². The molecule has 0 saturated heterocycles. The van der Waals surface area contributed by atoms with Crippen LogP contribution in [0, 0.1) is 11.8 Å². The maximum absolute atomic E-state index is 12.5. The van der Waals surface area contributed by atoms with E-state index in [9.17, 15) is 14.4 Å². The Hall–Kier alpha value is -3.68. The van der Waals surface area contributed by atoms with Gasteiger partial charge in [0.1, 0.15) is 5.92 Å². The van der Waals surface area contributed by atoms with Gasteiger partial charge >= 0.3 is 11.9 Å². The molecule has 0 saturated carbocycles. The summed E-state index contributed by atoms with van der Waals surface area (Å²) in [6, 6.07) is 16.5. The van der Waals surface area contributed by atoms with Crippen LogP contribution in [0.15, 0.2) is 65.8 Å². The number of nitrogens with two attached hydrogens (primary N) is 1. The van der Waals surface area contributed by atoms with E-state index >= 15 is 0 Å². The van der Waals surface area contributed by atoms with Crippen LogP contribution in [0.3, 0.4) is 0 Å². The number of oxime groups is 1.